The van der Waals surface area contributed by atoms with Gasteiger partial charge in [0.15, 0.2) is 0 Å². The van der Waals surface area contributed by atoms with Crippen molar-refractivity contribution in [2.45, 2.75) is 62.8 Å². The summed E-state index contributed by atoms with van der Waals surface area (Å²) in [5.74, 6) is -0.763. The molecule has 2 aromatic rings. The van der Waals surface area contributed by atoms with Crippen LogP contribution in [0.2, 0.25) is 0 Å². The number of nitrogens with zero attached hydrogens (tertiary/aromatic N) is 3. The van der Waals surface area contributed by atoms with Gasteiger partial charge in [-0.2, -0.15) is 8.42 Å². The maximum atomic E-state index is 13.5. The quantitative estimate of drug-likeness (QED) is 0.169. The highest BCUT2D eigenvalue weighted by Gasteiger charge is 2.31. The van der Waals surface area contributed by atoms with Crippen LogP contribution in [-0.4, -0.2) is 98.7 Å². The topological polar surface area (TPSA) is 182 Å². The van der Waals surface area contributed by atoms with Crippen molar-refractivity contribution in [2.24, 2.45) is 11.8 Å². The van der Waals surface area contributed by atoms with Crippen molar-refractivity contribution < 1.29 is 46.4 Å². The van der Waals surface area contributed by atoms with Crippen molar-refractivity contribution in [2.75, 3.05) is 46.5 Å². The van der Waals surface area contributed by atoms with E-state index in [4.69, 9.17) is 18.8 Å². The summed E-state index contributed by atoms with van der Waals surface area (Å²) in [6.07, 6.45) is 5.58. The smallest absolute Gasteiger partial charge is 0.407 e. The van der Waals surface area contributed by atoms with E-state index in [1.807, 2.05) is 6.92 Å². The lowest BCUT2D eigenvalue weighted by molar-refractivity contribution is -0.141. The molecule has 3 amide bonds. The SMILES string of the molecule is COC(=O)CC(NC(=O)[C@@H]1CCCN(C(=O)CCC2CCN(C(=O)O)CC2)C1)c1cncc(OCCOS(=O)(=O)c2ccc(C)cc2)c1. The number of pyridine rings is 1. The molecule has 15 heteroatoms. The number of hydrogen-bond acceptors (Lipinski definition) is 10. The van der Waals surface area contributed by atoms with E-state index in [1.165, 1.54) is 36.5 Å². The number of methoxy groups -OCH3 is 1. The predicted molar refractivity (Wildman–Crippen MR) is 172 cm³/mol. The number of piperidine rings is 2. The number of amides is 3. The third kappa shape index (κ3) is 10.6. The number of carboxylic acid groups (broad SMARTS) is 1. The van der Waals surface area contributed by atoms with Gasteiger partial charge in [-0.1, -0.05) is 17.7 Å². The lowest BCUT2D eigenvalue weighted by atomic mass is 9.91. The van der Waals surface area contributed by atoms with Crippen LogP contribution in [0, 0.1) is 18.8 Å². The number of likely N-dealkylation sites (tertiary alicyclic amines) is 2. The number of nitrogens with one attached hydrogen (secondary N) is 1. The monoisotopic (exact) mass is 688 g/mol. The first-order valence-electron chi connectivity index (χ1n) is 16.1. The highest BCUT2D eigenvalue weighted by atomic mass is 32.2. The Bertz CT molecular complexity index is 1530. The Labute approximate surface area is 280 Å². The normalized spacial score (nSPS) is 17.8. The fourth-order valence-corrected chi connectivity index (χ4v) is 6.78. The van der Waals surface area contributed by atoms with Crippen LogP contribution < -0.4 is 10.1 Å². The molecular weight excluding hydrogens is 644 g/mol. The van der Waals surface area contributed by atoms with Crippen molar-refractivity contribution in [3.8, 4) is 5.75 Å². The minimum absolute atomic E-state index is 0.0241. The van der Waals surface area contributed by atoms with Crippen LogP contribution in [0.1, 0.15) is 62.1 Å². The minimum Gasteiger partial charge on any atom is -0.490 e. The van der Waals surface area contributed by atoms with E-state index in [0.717, 1.165) is 18.4 Å². The summed E-state index contributed by atoms with van der Waals surface area (Å²) in [7, 11) is -2.70. The van der Waals surface area contributed by atoms with Gasteiger partial charge in [-0.05, 0) is 68.7 Å². The Morgan fingerprint density at radius 3 is 2.44 bits per heavy atom. The summed E-state index contributed by atoms with van der Waals surface area (Å²) in [6.45, 7) is 3.28. The van der Waals surface area contributed by atoms with Crippen LogP contribution in [0.25, 0.3) is 0 Å². The summed E-state index contributed by atoms with van der Waals surface area (Å²) in [6, 6.07) is 7.10. The molecule has 262 valence electrons. The van der Waals surface area contributed by atoms with Gasteiger partial charge in [-0.15, -0.1) is 0 Å². The van der Waals surface area contributed by atoms with Gasteiger partial charge < -0.3 is 29.7 Å². The lowest BCUT2D eigenvalue weighted by Gasteiger charge is -2.34. The number of benzene rings is 1. The molecule has 1 aromatic heterocycles. The van der Waals surface area contributed by atoms with Crippen molar-refractivity contribution in [3.05, 3.63) is 53.9 Å². The zero-order valence-electron chi connectivity index (χ0n) is 27.3. The molecule has 0 aliphatic carbocycles. The molecule has 48 heavy (non-hydrogen) atoms. The fourth-order valence-electron chi connectivity index (χ4n) is 5.89. The van der Waals surface area contributed by atoms with Crippen molar-refractivity contribution in [3.63, 3.8) is 0 Å². The molecule has 14 nitrogen and oxygen atoms in total. The van der Waals surface area contributed by atoms with Crippen LogP contribution in [0.5, 0.6) is 5.75 Å². The molecule has 1 unspecified atom stereocenters. The molecule has 2 aliphatic rings. The van der Waals surface area contributed by atoms with E-state index in [-0.39, 0.29) is 48.6 Å². The Kier molecular flexibility index (Phi) is 13.1. The second-order valence-corrected chi connectivity index (χ2v) is 13.8. The number of carbonyl (C=O) groups excluding carboxylic acids is 3. The van der Waals surface area contributed by atoms with E-state index in [9.17, 15) is 27.6 Å². The van der Waals surface area contributed by atoms with Gasteiger partial charge >= 0.3 is 12.1 Å². The lowest BCUT2D eigenvalue weighted by Crippen LogP contribution is -2.46. The molecular formula is C33H44N4O10S. The van der Waals surface area contributed by atoms with Crippen molar-refractivity contribution in [1.29, 1.82) is 0 Å². The van der Waals surface area contributed by atoms with Gasteiger partial charge in [0.2, 0.25) is 11.8 Å². The second kappa shape index (κ2) is 17.2. The highest BCUT2D eigenvalue weighted by molar-refractivity contribution is 7.86. The number of aryl methyl sites for hydroxylation is 1. The van der Waals surface area contributed by atoms with E-state index in [0.29, 0.717) is 56.8 Å². The van der Waals surface area contributed by atoms with Crippen molar-refractivity contribution >= 4 is 34.0 Å². The average molecular weight is 689 g/mol. The summed E-state index contributed by atoms with van der Waals surface area (Å²) >= 11 is 0. The largest absolute Gasteiger partial charge is 0.490 e. The van der Waals surface area contributed by atoms with E-state index in [1.54, 1.807) is 23.1 Å². The van der Waals surface area contributed by atoms with Crippen LogP contribution >= 0.6 is 0 Å². The summed E-state index contributed by atoms with van der Waals surface area (Å²) < 4.78 is 40.5. The molecule has 2 saturated heterocycles. The zero-order valence-corrected chi connectivity index (χ0v) is 28.2. The number of hydrogen-bond donors (Lipinski definition) is 2. The number of rotatable bonds is 14. The molecule has 4 rings (SSSR count). The molecule has 2 aliphatic heterocycles. The van der Waals surface area contributed by atoms with Crippen LogP contribution in [0.4, 0.5) is 4.79 Å². The molecule has 2 atom stereocenters. The molecule has 1 aromatic carbocycles. The third-order valence-electron chi connectivity index (χ3n) is 8.75. The van der Waals surface area contributed by atoms with Gasteiger partial charge in [0.05, 0.1) is 36.6 Å². The standard InChI is InChI=1S/C33H44N4O10S/c1-23-5-8-28(9-6-23)48(43,44)47-17-16-46-27-18-26(20-34-21-27)29(19-31(39)45-2)35-32(40)25-4-3-13-37(22-25)30(38)10-7-24-11-14-36(15-12-24)33(41)42/h5-6,8-9,18,20-21,24-25,29H,3-4,7,10-17,19,22H2,1-2H3,(H,35,40)(H,41,42)/t25-,29?/m1/s1. The number of aromatic nitrogens is 1. The summed E-state index contributed by atoms with van der Waals surface area (Å²) in [4.78, 5) is 57.3. The molecule has 0 spiro atoms. The third-order valence-corrected chi connectivity index (χ3v) is 10.1. The van der Waals surface area contributed by atoms with Gasteiger partial charge in [0, 0.05) is 38.8 Å². The van der Waals surface area contributed by atoms with Gasteiger partial charge in [0.1, 0.15) is 19.0 Å². The Morgan fingerprint density at radius 1 is 1.02 bits per heavy atom. The van der Waals surface area contributed by atoms with Gasteiger partial charge in [0.25, 0.3) is 10.1 Å². The second-order valence-electron chi connectivity index (χ2n) is 12.2. The summed E-state index contributed by atoms with van der Waals surface area (Å²) in [5.41, 5.74) is 1.40. The maximum absolute atomic E-state index is 13.5. The molecule has 0 bridgehead atoms. The van der Waals surface area contributed by atoms with Crippen LogP contribution in [0.15, 0.2) is 47.6 Å². The Morgan fingerprint density at radius 2 is 1.75 bits per heavy atom. The van der Waals surface area contributed by atoms with E-state index in [2.05, 4.69) is 10.3 Å². The first kappa shape index (κ1) is 36.6. The highest BCUT2D eigenvalue weighted by Crippen LogP contribution is 2.26. The molecule has 2 fully saturated rings. The maximum Gasteiger partial charge on any atom is 0.407 e. The first-order valence-corrected chi connectivity index (χ1v) is 17.5. The van der Waals surface area contributed by atoms with Crippen LogP contribution in [-0.2, 0) is 33.4 Å². The predicted octanol–water partition coefficient (Wildman–Crippen LogP) is 3.30. The first-order chi connectivity index (χ1) is 22.9. The Balaban J connectivity index is 1.30. The van der Waals surface area contributed by atoms with Crippen LogP contribution in [0.3, 0.4) is 0 Å². The molecule has 0 saturated carbocycles. The fraction of sp³-hybridized carbons (Fsp3) is 0.545. The number of ether oxygens (including phenoxy) is 2. The minimum atomic E-state index is -3.95. The Hall–Kier alpha value is -4.24. The van der Waals surface area contributed by atoms with Crippen molar-refractivity contribution in [1.82, 2.24) is 20.1 Å². The average Bonchev–Trinajstić information content (AvgIpc) is 3.09. The number of carbonyl (C=O) groups is 4. The number of esters is 1. The molecule has 2 N–H and O–H groups in total. The molecule has 0 radical (unpaired) electrons. The van der Waals surface area contributed by atoms with Gasteiger partial charge in [-0.25, -0.2) is 4.79 Å². The zero-order chi connectivity index (χ0) is 34.7. The van der Waals surface area contributed by atoms with E-state index < -0.39 is 34.1 Å². The summed E-state index contributed by atoms with van der Waals surface area (Å²) in [5, 5.41) is 12.1. The molecule has 3 heterocycles. The van der Waals surface area contributed by atoms with Gasteiger partial charge in [-0.3, -0.25) is 23.6 Å². The van der Waals surface area contributed by atoms with E-state index >= 15 is 0 Å².